The Bertz CT molecular complexity index is 338. The van der Waals surface area contributed by atoms with E-state index in [-0.39, 0.29) is 6.10 Å². The molecule has 2 atom stereocenters. The number of rotatable bonds is 3. The first-order valence-corrected chi connectivity index (χ1v) is 6.70. The van der Waals surface area contributed by atoms with E-state index in [1.165, 1.54) is 10.5 Å². The molecule has 0 aromatic heterocycles. The van der Waals surface area contributed by atoms with E-state index in [1.807, 2.05) is 0 Å². The molecule has 3 heteroatoms. The van der Waals surface area contributed by atoms with E-state index in [4.69, 9.17) is 0 Å². The molecule has 0 amide bonds. The quantitative estimate of drug-likeness (QED) is 0.871. The number of likely N-dealkylation sites (tertiary alicyclic amines) is 1. The highest BCUT2D eigenvalue weighted by Crippen LogP contribution is 2.29. The van der Waals surface area contributed by atoms with Gasteiger partial charge in [0.1, 0.15) is 0 Å². The number of hydrogen-bond acceptors (Lipinski definition) is 3. The van der Waals surface area contributed by atoms with Gasteiger partial charge in [0.05, 0.1) is 6.10 Å². The molecule has 1 heterocycles. The van der Waals surface area contributed by atoms with E-state index in [2.05, 4.69) is 43.0 Å². The number of aliphatic hydroxyl groups is 1. The molecule has 1 aromatic rings. The third-order valence-electron chi connectivity index (χ3n) is 3.07. The van der Waals surface area contributed by atoms with Crippen molar-refractivity contribution >= 4 is 11.8 Å². The van der Waals surface area contributed by atoms with Crippen LogP contribution in [0.15, 0.2) is 29.2 Å². The van der Waals surface area contributed by atoms with Gasteiger partial charge < -0.3 is 5.11 Å². The zero-order valence-corrected chi connectivity index (χ0v) is 10.7. The maximum absolute atomic E-state index is 9.94. The number of likely N-dealkylation sites (N-methyl/N-ethyl adjacent to an activating group) is 1. The van der Waals surface area contributed by atoms with Crippen LogP contribution in [0.4, 0.5) is 0 Å². The molecule has 1 fully saturated rings. The Balaban J connectivity index is 1.97. The summed E-state index contributed by atoms with van der Waals surface area (Å²) >= 11 is 1.80. The van der Waals surface area contributed by atoms with E-state index >= 15 is 0 Å². The maximum atomic E-state index is 9.94. The molecule has 16 heavy (non-hydrogen) atoms. The van der Waals surface area contributed by atoms with Crippen LogP contribution in [0.25, 0.3) is 0 Å². The zero-order chi connectivity index (χ0) is 11.5. The first-order valence-electron chi connectivity index (χ1n) is 5.83. The second kappa shape index (κ2) is 5.21. The molecule has 0 radical (unpaired) electrons. The van der Waals surface area contributed by atoms with Crippen molar-refractivity contribution in [3.05, 3.63) is 29.8 Å². The molecule has 1 saturated heterocycles. The minimum absolute atomic E-state index is 0.189. The molecule has 0 aliphatic carbocycles. The number of aryl methyl sites for hydroxylation is 1. The Morgan fingerprint density at radius 2 is 2.00 bits per heavy atom. The summed E-state index contributed by atoms with van der Waals surface area (Å²) in [6, 6.07) is 8.53. The van der Waals surface area contributed by atoms with Crippen LogP contribution in [0, 0.1) is 6.92 Å². The summed E-state index contributed by atoms with van der Waals surface area (Å²) in [5, 5.41) is 10.3. The van der Waals surface area contributed by atoms with Crippen molar-refractivity contribution in [3.8, 4) is 0 Å². The molecule has 0 saturated carbocycles. The predicted molar refractivity (Wildman–Crippen MR) is 68.9 cm³/mol. The Labute approximate surface area is 102 Å². The topological polar surface area (TPSA) is 23.5 Å². The fraction of sp³-hybridized carbons (Fsp3) is 0.538. The van der Waals surface area contributed by atoms with Crippen molar-refractivity contribution in [1.29, 1.82) is 0 Å². The predicted octanol–water partition coefficient (Wildman–Crippen LogP) is 2.15. The second-order valence-electron chi connectivity index (χ2n) is 4.39. The van der Waals surface area contributed by atoms with Crippen LogP contribution < -0.4 is 0 Å². The van der Waals surface area contributed by atoms with Gasteiger partial charge >= 0.3 is 0 Å². The summed E-state index contributed by atoms with van der Waals surface area (Å²) < 4.78 is 0. The SMILES string of the molecule is CCN1C[C@H](Sc2ccc(C)cc2)[C@@H](O)C1. The standard InChI is InChI=1S/C13H19NOS/c1-3-14-8-12(15)13(9-14)16-11-6-4-10(2)5-7-11/h4-7,12-13,15H,3,8-9H2,1-2H3/t12-,13-/m0/s1. The fourth-order valence-corrected chi connectivity index (χ4v) is 3.17. The molecular formula is C13H19NOS. The molecule has 1 aromatic carbocycles. The minimum Gasteiger partial charge on any atom is -0.391 e. The number of aliphatic hydroxyl groups excluding tert-OH is 1. The van der Waals surface area contributed by atoms with Gasteiger partial charge in [-0.15, -0.1) is 11.8 Å². The monoisotopic (exact) mass is 237 g/mol. The lowest BCUT2D eigenvalue weighted by Gasteiger charge is -2.13. The largest absolute Gasteiger partial charge is 0.391 e. The maximum Gasteiger partial charge on any atom is 0.0801 e. The Hall–Kier alpha value is -0.510. The highest BCUT2D eigenvalue weighted by molar-refractivity contribution is 8.00. The fourth-order valence-electron chi connectivity index (χ4n) is 2.00. The van der Waals surface area contributed by atoms with Crippen molar-refractivity contribution in [2.75, 3.05) is 19.6 Å². The summed E-state index contributed by atoms with van der Waals surface area (Å²) in [5.74, 6) is 0. The van der Waals surface area contributed by atoms with Gasteiger partial charge in [-0.2, -0.15) is 0 Å². The number of benzene rings is 1. The first-order chi connectivity index (χ1) is 7.69. The van der Waals surface area contributed by atoms with Gasteiger partial charge in [-0.25, -0.2) is 0 Å². The molecule has 0 unspecified atom stereocenters. The molecule has 0 bridgehead atoms. The highest BCUT2D eigenvalue weighted by atomic mass is 32.2. The van der Waals surface area contributed by atoms with Gasteiger partial charge in [0.2, 0.25) is 0 Å². The van der Waals surface area contributed by atoms with Crippen LogP contribution >= 0.6 is 11.8 Å². The lowest BCUT2D eigenvalue weighted by atomic mass is 10.2. The van der Waals surface area contributed by atoms with Crippen LogP contribution in [-0.4, -0.2) is 41.0 Å². The normalized spacial score (nSPS) is 26.2. The van der Waals surface area contributed by atoms with E-state index in [0.29, 0.717) is 5.25 Å². The van der Waals surface area contributed by atoms with Gasteiger partial charge in [0, 0.05) is 23.2 Å². The molecule has 1 aliphatic heterocycles. The summed E-state index contributed by atoms with van der Waals surface area (Å²) in [6.45, 7) is 7.08. The van der Waals surface area contributed by atoms with E-state index in [1.54, 1.807) is 11.8 Å². The van der Waals surface area contributed by atoms with E-state index < -0.39 is 0 Å². The first kappa shape index (κ1) is 12.0. The van der Waals surface area contributed by atoms with Gasteiger partial charge in [0.15, 0.2) is 0 Å². The summed E-state index contributed by atoms with van der Waals surface area (Å²) in [6.07, 6.45) is -0.189. The average Bonchev–Trinajstić information content (AvgIpc) is 2.63. The second-order valence-corrected chi connectivity index (χ2v) is 5.70. The van der Waals surface area contributed by atoms with Gasteiger partial charge in [0.25, 0.3) is 0 Å². The van der Waals surface area contributed by atoms with Crippen LogP contribution in [-0.2, 0) is 0 Å². The Morgan fingerprint density at radius 3 is 2.56 bits per heavy atom. The minimum atomic E-state index is -0.189. The number of nitrogens with zero attached hydrogens (tertiary/aromatic N) is 1. The summed E-state index contributed by atoms with van der Waals surface area (Å²) in [7, 11) is 0. The van der Waals surface area contributed by atoms with Crippen LogP contribution in [0.3, 0.4) is 0 Å². The third kappa shape index (κ3) is 2.78. The van der Waals surface area contributed by atoms with Crippen molar-refractivity contribution in [3.63, 3.8) is 0 Å². The smallest absolute Gasteiger partial charge is 0.0801 e. The molecular weight excluding hydrogens is 218 g/mol. The lowest BCUT2D eigenvalue weighted by Crippen LogP contribution is -2.21. The molecule has 2 rings (SSSR count). The van der Waals surface area contributed by atoms with Crippen molar-refractivity contribution < 1.29 is 5.11 Å². The van der Waals surface area contributed by atoms with E-state index in [9.17, 15) is 5.11 Å². The number of β-amino-alcohol motifs (C(OH)–C–C–N with tert-alkyl or cyclic N) is 1. The number of hydrogen-bond donors (Lipinski definition) is 1. The lowest BCUT2D eigenvalue weighted by molar-refractivity contribution is 0.181. The Morgan fingerprint density at radius 1 is 1.31 bits per heavy atom. The molecule has 1 aliphatic rings. The van der Waals surface area contributed by atoms with Crippen LogP contribution in [0.1, 0.15) is 12.5 Å². The van der Waals surface area contributed by atoms with Crippen LogP contribution in [0.5, 0.6) is 0 Å². The highest BCUT2D eigenvalue weighted by Gasteiger charge is 2.30. The van der Waals surface area contributed by atoms with Gasteiger partial charge in [-0.3, -0.25) is 4.90 Å². The summed E-state index contributed by atoms with van der Waals surface area (Å²) in [4.78, 5) is 3.56. The molecule has 0 spiro atoms. The van der Waals surface area contributed by atoms with Gasteiger partial charge in [-0.1, -0.05) is 24.6 Å². The Kier molecular flexibility index (Phi) is 3.90. The van der Waals surface area contributed by atoms with Gasteiger partial charge in [-0.05, 0) is 25.6 Å². The third-order valence-corrected chi connectivity index (χ3v) is 4.38. The average molecular weight is 237 g/mol. The zero-order valence-electron chi connectivity index (χ0n) is 9.89. The van der Waals surface area contributed by atoms with Crippen LogP contribution in [0.2, 0.25) is 0 Å². The van der Waals surface area contributed by atoms with Crippen molar-refractivity contribution in [2.24, 2.45) is 0 Å². The van der Waals surface area contributed by atoms with Crippen molar-refractivity contribution in [1.82, 2.24) is 4.90 Å². The molecule has 88 valence electrons. The molecule has 1 N–H and O–H groups in total. The molecule has 2 nitrogen and oxygen atoms in total. The van der Waals surface area contributed by atoms with E-state index in [0.717, 1.165) is 19.6 Å². The van der Waals surface area contributed by atoms with Crippen molar-refractivity contribution in [2.45, 2.75) is 30.1 Å². The summed E-state index contributed by atoms with van der Waals surface area (Å²) in [5.41, 5.74) is 1.28. The number of thioether (sulfide) groups is 1.